The van der Waals surface area contributed by atoms with Gasteiger partial charge in [-0.3, -0.25) is 4.99 Å². The Labute approximate surface area is 145 Å². The van der Waals surface area contributed by atoms with E-state index >= 15 is 0 Å². The molecule has 0 bridgehead atoms. The molecular weight excluding hydrogens is 298 g/mol. The highest BCUT2D eigenvalue weighted by Gasteiger charge is 2.06. The van der Waals surface area contributed by atoms with Crippen LogP contribution in [0.4, 0.5) is 5.69 Å². The Morgan fingerprint density at radius 1 is 0.958 bits per heavy atom. The van der Waals surface area contributed by atoms with Crippen molar-refractivity contribution >= 4 is 11.9 Å². The Hall–Kier alpha value is -2.29. The molecule has 0 spiro atoms. The van der Waals surface area contributed by atoms with E-state index < -0.39 is 0 Å². The van der Waals surface area contributed by atoms with Crippen molar-refractivity contribution in [2.45, 2.75) is 33.6 Å². The molecule has 0 saturated carbocycles. The van der Waals surface area contributed by atoms with Gasteiger partial charge < -0.3 is 9.47 Å². The Morgan fingerprint density at radius 2 is 1.67 bits per heavy atom. The first-order chi connectivity index (χ1) is 11.5. The lowest BCUT2D eigenvalue weighted by Crippen LogP contribution is -2.05. The normalized spacial score (nSPS) is 11.5. The van der Waals surface area contributed by atoms with Crippen LogP contribution in [0, 0.1) is 5.92 Å². The van der Waals surface area contributed by atoms with Crippen molar-refractivity contribution in [3.8, 4) is 11.5 Å². The lowest BCUT2D eigenvalue weighted by Gasteiger charge is -2.12. The zero-order valence-electron chi connectivity index (χ0n) is 15.2. The Bertz CT molecular complexity index is 673. The van der Waals surface area contributed by atoms with Crippen molar-refractivity contribution in [2.75, 3.05) is 13.7 Å². The second-order valence-electron chi connectivity index (χ2n) is 6.62. The van der Waals surface area contributed by atoms with Crippen LogP contribution in [-0.2, 0) is 0 Å². The van der Waals surface area contributed by atoms with Crippen LogP contribution >= 0.6 is 0 Å². The van der Waals surface area contributed by atoms with E-state index in [2.05, 4.69) is 44.8 Å². The van der Waals surface area contributed by atoms with E-state index in [1.165, 1.54) is 5.56 Å². The minimum absolute atomic E-state index is 0.477. The molecule has 2 aromatic carbocycles. The molecule has 0 heterocycles. The number of ether oxygens (including phenoxy) is 2. The summed E-state index contributed by atoms with van der Waals surface area (Å²) in [5, 5.41) is 0. The third kappa shape index (κ3) is 5.12. The lowest BCUT2D eigenvalue weighted by molar-refractivity contribution is 0.257. The summed E-state index contributed by atoms with van der Waals surface area (Å²) < 4.78 is 11.2. The molecular formula is C21H27NO2. The van der Waals surface area contributed by atoms with Gasteiger partial charge in [0, 0.05) is 6.21 Å². The molecule has 0 fully saturated rings. The largest absolute Gasteiger partial charge is 0.493 e. The Kier molecular flexibility index (Phi) is 6.42. The van der Waals surface area contributed by atoms with Gasteiger partial charge in [0.15, 0.2) is 11.5 Å². The van der Waals surface area contributed by atoms with Crippen LogP contribution in [0.15, 0.2) is 47.5 Å². The number of hydrogen-bond acceptors (Lipinski definition) is 3. The van der Waals surface area contributed by atoms with E-state index in [0.717, 1.165) is 22.7 Å². The topological polar surface area (TPSA) is 30.8 Å². The van der Waals surface area contributed by atoms with Crippen molar-refractivity contribution in [1.82, 2.24) is 0 Å². The summed E-state index contributed by atoms with van der Waals surface area (Å²) in [5.41, 5.74) is 3.25. The van der Waals surface area contributed by atoms with E-state index in [-0.39, 0.29) is 0 Å². The second kappa shape index (κ2) is 8.53. The zero-order chi connectivity index (χ0) is 17.5. The average Bonchev–Trinajstić information content (AvgIpc) is 2.58. The maximum atomic E-state index is 5.77. The third-order valence-corrected chi connectivity index (χ3v) is 3.68. The molecule has 128 valence electrons. The Balaban J connectivity index is 2.11. The quantitative estimate of drug-likeness (QED) is 0.620. The molecule has 0 atom stereocenters. The number of rotatable bonds is 7. The first-order valence-electron chi connectivity index (χ1n) is 8.44. The summed E-state index contributed by atoms with van der Waals surface area (Å²) in [6.07, 6.45) is 1.85. The van der Waals surface area contributed by atoms with Gasteiger partial charge in [0.2, 0.25) is 0 Å². The molecule has 0 aromatic heterocycles. The van der Waals surface area contributed by atoms with Crippen molar-refractivity contribution in [3.63, 3.8) is 0 Å². The predicted octanol–water partition coefficient (Wildman–Crippen LogP) is 5.60. The van der Waals surface area contributed by atoms with Gasteiger partial charge >= 0.3 is 0 Å². The van der Waals surface area contributed by atoms with Crippen LogP contribution in [0.25, 0.3) is 0 Å². The summed E-state index contributed by atoms with van der Waals surface area (Å²) >= 11 is 0. The van der Waals surface area contributed by atoms with Crippen LogP contribution in [-0.4, -0.2) is 19.9 Å². The molecule has 0 saturated heterocycles. The van der Waals surface area contributed by atoms with Gasteiger partial charge in [-0.05, 0) is 53.3 Å². The molecule has 24 heavy (non-hydrogen) atoms. The molecule has 0 aliphatic carbocycles. The first kappa shape index (κ1) is 18.1. The molecule has 0 aliphatic heterocycles. The van der Waals surface area contributed by atoms with E-state index in [0.29, 0.717) is 18.4 Å². The van der Waals surface area contributed by atoms with E-state index in [9.17, 15) is 0 Å². The fourth-order valence-electron chi connectivity index (χ4n) is 2.23. The zero-order valence-corrected chi connectivity index (χ0v) is 15.2. The van der Waals surface area contributed by atoms with Gasteiger partial charge in [0.05, 0.1) is 19.4 Å². The van der Waals surface area contributed by atoms with Gasteiger partial charge in [-0.2, -0.15) is 0 Å². The van der Waals surface area contributed by atoms with Gasteiger partial charge in [0.25, 0.3) is 0 Å². The third-order valence-electron chi connectivity index (χ3n) is 3.68. The van der Waals surface area contributed by atoms with Crippen LogP contribution in [0.3, 0.4) is 0 Å². The second-order valence-corrected chi connectivity index (χ2v) is 6.62. The predicted molar refractivity (Wildman–Crippen MR) is 101 cm³/mol. The van der Waals surface area contributed by atoms with Crippen LogP contribution in [0.1, 0.15) is 44.7 Å². The van der Waals surface area contributed by atoms with Crippen LogP contribution in [0.2, 0.25) is 0 Å². The van der Waals surface area contributed by atoms with Gasteiger partial charge in [-0.15, -0.1) is 0 Å². The first-order valence-corrected chi connectivity index (χ1v) is 8.44. The molecule has 0 unspecified atom stereocenters. The van der Waals surface area contributed by atoms with Gasteiger partial charge in [0.1, 0.15) is 0 Å². The fourth-order valence-corrected chi connectivity index (χ4v) is 2.23. The van der Waals surface area contributed by atoms with Crippen molar-refractivity contribution in [2.24, 2.45) is 10.9 Å². The standard InChI is InChI=1S/C21H27NO2/c1-15(2)14-24-20-11-6-17(12-21(20)23-5)13-22-19-9-7-18(8-10-19)16(3)4/h6-13,15-16H,14H2,1-5H3. The maximum Gasteiger partial charge on any atom is 0.161 e. The summed E-state index contributed by atoms with van der Waals surface area (Å²) in [6.45, 7) is 9.29. The van der Waals surface area contributed by atoms with Crippen molar-refractivity contribution < 1.29 is 9.47 Å². The lowest BCUT2D eigenvalue weighted by atomic mass is 10.0. The van der Waals surface area contributed by atoms with Crippen molar-refractivity contribution in [3.05, 3.63) is 53.6 Å². The average molecular weight is 325 g/mol. The fraction of sp³-hybridized carbons (Fsp3) is 0.381. The van der Waals surface area contributed by atoms with Gasteiger partial charge in [-0.1, -0.05) is 39.8 Å². The highest BCUT2D eigenvalue weighted by atomic mass is 16.5. The van der Waals surface area contributed by atoms with E-state index in [1.807, 2.05) is 36.5 Å². The molecule has 0 amide bonds. The maximum absolute atomic E-state index is 5.77. The highest BCUT2D eigenvalue weighted by Crippen LogP contribution is 2.28. The molecule has 0 N–H and O–H groups in total. The summed E-state index contributed by atoms with van der Waals surface area (Å²) in [7, 11) is 1.66. The SMILES string of the molecule is COc1cc(C=Nc2ccc(C(C)C)cc2)ccc1OCC(C)C. The smallest absolute Gasteiger partial charge is 0.161 e. The molecule has 3 nitrogen and oxygen atoms in total. The summed E-state index contributed by atoms with van der Waals surface area (Å²) in [5.74, 6) is 2.51. The Morgan fingerprint density at radius 3 is 2.25 bits per heavy atom. The summed E-state index contributed by atoms with van der Waals surface area (Å²) in [4.78, 5) is 4.53. The number of benzene rings is 2. The van der Waals surface area contributed by atoms with Crippen LogP contribution < -0.4 is 9.47 Å². The number of methoxy groups -OCH3 is 1. The minimum Gasteiger partial charge on any atom is -0.493 e. The van der Waals surface area contributed by atoms with E-state index in [4.69, 9.17) is 9.47 Å². The van der Waals surface area contributed by atoms with Gasteiger partial charge in [-0.25, -0.2) is 0 Å². The van der Waals surface area contributed by atoms with E-state index in [1.54, 1.807) is 7.11 Å². The molecule has 2 aromatic rings. The monoisotopic (exact) mass is 325 g/mol. The van der Waals surface area contributed by atoms with Crippen LogP contribution in [0.5, 0.6) is 11.5 Å². The molecule has 2 rings (SSSR count). The molecule has 0 radical (unpaired) electrons. The number of hydrogen-bond donors (Lipinski definition) is 0. The number of aliphatic imine (C=N–C) groups is 1. The minimum atomic E-state index is 0.477. The van der Waals surface area contributed by atoms with Crippen molar-refractivity contribution in [1.29, 1.82) is 0 Å². The molecule has 0 aliphatic rings. The molecule has 3 heteroatoms. The summed E-state index contributed by atoms with van der Waals surface area (Å²) in [6, 6.07) is 14.2. The highest BCUT2D eigenvalue weighted by molar-refractivity contribution is 5.83. The number of nitrogens with zero attached hydrogens (tertiary/aromatic N) is 1.